The number of aryl methyl sites for hydroxylation is 1. The molecule has 0 bridgehead atoms. The Bertz CT molecular complexity index is 699. The third kappa shape index (κ3) is 2.64. The molecule has 5 nitrogen and oxygen atoms in total. The number of fused-ring (bicyclic) bond motifs is 1. The Labute approximate surface area is 129 Å². The number of amides is 1. The van der Waals surface area contributed by atoms with Crippen LogP contribution >= 0.6 is 0 Å². The summed E-state index contributed by atoms with van der Waals surface area (Å²) in [5.74, 6) is 0.0727. The van der Waals surface area contributed by atoms with E-state index >= 15 is 0 Å². The molecule has 3 rings (SSSR count). The number of carbonyl (C=O) groups is 2. The third-order valence-electron chi connectivity index (χ3n) is 4.19. The molecule has 5 heteroatoms. The van der Waals surface area contributed by atoms with Crippen LogP contribution in [0.1, 0.15) is 22.8 Å². The first-order valence-corrected chi connectivity index (χ1v) is 7.66. The van der Waals surface area contributed by atoms with E-state index in [9.17, 15) is 9.59 Å². The molecular formula is C17H20N2O3. The minimum absolute atomic E-state index is 0.0727. The van der Waals surface area contributed by atoms with Gasteiger partial charge in [0.25, 0.3) is 0 Å². The molecule has 2 aromatic rings. The van der Waals surface area contributed by atoms with E-state index in [1.165, 1.54) is 0 Å². The van der Waals surface area contributed by atoms with Gasteiger partial charge in [-0.15, -0.1) is 0 Å². The van der Waals surface area contributed by atoms with E-state index in [4.69, 9.17) is 4.74 Å². The molecule has 0 aliphatic carbocycles. The highest BCUT2D eigenvalue weighted by atomic mass is 16.5. The van der Waals surface area contributed by atoms with E-state index in [1.807, 2.05) is 27.7 Å². The second-order valence-electron chi connectivity index (χ2n) is 5.49. The van der Waals surface area contributed by atoms with Gasteiger partial charge in [-0.25, -0.2) is 0 Å². The van der Waals surface area contributed by atoms with Gasteiger partial charge in [0.05, 0.1) is 18.7 Å². The van der Waals surface area contributed by atoms with Gasteiger partial charge in [-0.05, 0) is 12.0 Å². The molecule has 0 atom stereocenters. The van der Waals surface area contributed by atoms with Crippen LogP contribution in [0.3, 0.4) is 0 Å². The molecule has 1 saturated heterocycles. The minimum atomic E-state index is 0.0727. The molecule has 1 aromatic carbocycles. The van der Waals surface area contributed by atoms with Gasteiger partial charge < -0.3 is 14.2 Å². The number of para-hydroxylation sites is 1. The first-order valence-electron chi connectivity index (χ1n) is 7.66. The number of rotatable bonds is 4. The minimum Gasteiger partial charge on any atom is -0.378 e. The van der Waals surface area contributed by atoms with Crippen LogP contribution in [0.2, 0.25) is 0 Å². The van der Waals surface area contributed by atoms with E-state index in [0.29, 0.717) is 31.9 Å². The predicted octanol–water partition coefficient (Wildman–Crippen LogP) is 1.87. The SMILES string of the molecule is CCc1cccc2c(C=O)cn(CC(=O)N3CCOCC3)c12. The van der Waals surface area contributed by atoms with Crippen LogP contribution in [0.25, 0.3) is 10.9 Å². The monoisotopic (exact) mass is 300 g/mol. The fourth-order valence-electron chi connectivity index (χ4n) is 3.03. The second kappa shape index (κ2) is 6.32. The summed E-state index contributed by atoms with van der Waals surface area (Å²) in [4.78, 5) is 25.6. The maximum absolute atomic E-state index is 12.5. The van der Waals surface area contributed by atoms with E-state index in [-0.39, 0.29) is 12.5 Å². The predicted molar refractivity (Wildman–Crippen MR) is 84.1 cm³/mol. The van der Waals surface area contributed by atoms with Crippen LogP contribution in [0, 0.1) is 0 Å². The molecule has 0 radical (unpaired) electrons. The van der Waals surface area contributed by atoms with E-state index < -0.39 is 0 Å². The third-order valence-corrected chi connectivity index (χ3v) is 4.19. The highest BCUT2D eigenvalue weighted by Gasteiger charge is 2.19. The van der Waals surface area contributed by atoms with Crippen molar-refractivity contribution in [2.45, 2.75) is 19.9 Å². The number of benzene rings is 1. The molecule has 0 N–H and O–H groups in total. The van der Waals surface area contributed by atoms with Crippen LogP contribution < -0.4 is 0 Å². The maximum atomic E-state index is 12.5. The van der Waals surface area contributed by atoms with Crippen molar-refractivity contribution in [1.29, 1.82) is 0 Å². The highest BCUT2D eigenvalue weighted by molar-refractivity contribution is 5.99. The summed E-state index contributed by atoms with van der Waals surface area (Å²) >= 11 is 0. The zero-order valence-corrected chi connectivity index (χ0v) is 12.7. The van der Waals surface area contributed by atoms with Crippen molar-refractivity contribution in [3.63, 3.8) is 0 Å². The Morgan fingerprint density at radius 2 is 2.09 bits per heavy atom. The van der Waals surface area contributed by atoms with Crippen molar-refractivity contribution >= 4 is 23.1 Å². The molecule has 116 valence electrons. The van der Waals surface area contributed by atoms with Crippen LogP contribution in [0.4, 0.5) is 0 Å². The summed E-state index contributed by atoms with van der Waals surface area (Å²) in [7, 11) is 0. The summed E-state index contributed by atoms with van der Waals surface area (Å²) in [5.41, 5.74) is 2.79. The van der Waals surface area contributed by atoms with Gasteiger partial charge in [0, 0.05) is 30.2 Å². The van der Waals surface area contributed by atoms with E-state index in [0.717, 1.165) is 29.2 Å². The van der Waals surface area contributed by atoms with Crippen molar-refractivity contribution in [2.75, 3.05) is 26.3 Å². The van der Waals surface area contributed by atoms with E-state index in [2.05, 4.69) is 6.92 Å². The molecule has 0 spiro atoms. The first kappa shape index (κ1) is 14.8. The number of nitrogens with zero attached hydrogens (tertiary/aromatic N) is 2. The Balaban J connectivity index is 1.95. The van der Waals surface area contributed by atoms with Crippen molar-refractivity contribution < 1.29 is 14.3 Å². The summed E-state index contributed by atoms with van der Waals surface area (Å²) in [6.45, 7) is 4.81. The number of morpholine rings is 1. The number of ether oxygens (including phenoxy) is 1. The quantitative estimate of drug-likeness (QED) is 0.810. The number of hydrogen-bond acceptors (Lipinski definition) is 3. The molecular weight excluding hydrogens is 280 g/mol. The average molecular weight is 300 g/mol. The zero-order chi connectivity index (χ0) is 15.5. The maximum Gasteiger partial charge on any atom is 0.242 e. The fourth-order valence-corrected chi connectivity index (χ4v) is 3.03. The molecule has 1 amide bonds. The summed E-state index contributed by atoms with van der Waals surface area (Å²) < 4.78 is 7.19. The van der Waals surface area contributed by atoms with Crippen LogP contribution in [0.15, 0.2) is 24.4 Å². The van der Waals surface area contributed by atoms with Gasteiger partial charge in [-0.1, -0.05) is 25.1 Å². The lowest BCUT2D eigenvalue weighted by atomic mass is 10.1. The van der Waals surface area contributed by atoms with Gasteiger partial charge in [0.2, 0.25) is 5.91 Å². The molecule has 2 heterocycles. The van der Waals surface area contributed by atoms with Gasteiger partial charge >= 0.3 is 0 Å². The largest absolute Gasteiger partial charge is 0.378 e. The van der Waals surface area contributed by atoms with E-state index in [1.54, 1.807) is 6.20 Å². The fraction of sp³-hybridized carbons (Fsp3) is 0.412. The Kier molecular flexibility index (Phi) is 4.24. The number of aromatic nitrogens is 1. The summed E-state index contributed by atoms with van der Waals surface area (Å²) in [6, 6.07) is 5.95. The van der Waals surface area contributed by atoms with Gasteiger partial charge in [-0.2, -0.15) is 0 Å². The van der Waals surface area contributed by atoms with Crippen LogP contribution in [-0.2, 0) is 22.5 Å². The normalized spacial score (nSPS) is 15.2. The summed E-state index contributed by atoms with van der Waals surface area (Å²) in [5, 5.41) is 0.920. The standard InChI is InChI=1S/C17H20N2O3/c1-2-13-4-3-5-15-14(12-20)10-19(17(13)15)11-16(21)18-6-8-22-9-7-18/h3-5,10,12H,2,6-9,11H2,1H3. The Hall–Kier alpha value is -2.14. The summed E-state index contributed by atoms with van der Waals surface area (Å²) in [6.07, 6.45) is 3.51. The number of hydrogen-bond donors (Lipinski definition) is 0. The number of aldehydes is 1. The van der Waals surface area contributed by atoms with Crippen molar-refractivity contribution in [3.05, 3.63) is 35.5 Å². The molecule has 1 aliphatic rings. The smallest absolute Gasteiger partial charge is 0.242 e. The van der Waals surface area contributed by atoms with Crippen LogP contribution in [-0.4, -0.2) is 48.0 Å². The first-order chi connectivity index (χ1) is 10.7. The van der Waals surface area contributed by atoms with Gasteiger partial charge in [0.1, 0.15) is 6.54 Å². The van der Waals surface area contributed by atoms with Crippen molar-refractivity contribution in [2.24, 2.45) is 0 Å². The topological polar surface area (TPSA) is 51.5 Å². The lowest BCUT2D eigenvalue weighted by molar-refractivity contribution is -0.135. The van der Waals surface area contributed by atoms with Crippen molar-refractivity contribution in [1.82, 2.24) is 9.47 Å². The van der Waals surface area contributed by atoms with Gasteiger partial charge in [0.15, 0.2) is 6.29 Å². The lowest BCUT2D eigenvalue weighted by Crippen LogP contribution is -2.42. The Morgan fingerprint density at radius 1 is 1.32 bits per heavy atom. The highest BCUT2D eigenvalue weighted by Crippen LogP contribution is 2.24. The van der Waals surface area contributed by atoms with Crippen molar-refractivity contribution in [3.8, 4) is 0 Å². The number of carbonyl (C=O) groups excluding carboxylic acids is 2. The molecule has 0 saturated carbocycles. The molecule has 1 aromatic heterocycles. The van der Waals surface area contributed by atoms with Gasteiger partial charge in [-0.3, -0.25) is 9.59 Å². The molecule has 22 heavy (non-hydrogen) atoms. The molecule has 1 fully saturated rings. The molecule has 1 aliphatic heterocycles. The second-order valence-corrected chi connectivity index (χ2v) is 5.49. The lowest BCUT2D eigenvalue weighted by Gasteiger charge is -2.27. The zero-order valence-electron chi connectivity index (χ0n) is 12.7. The Morgan fingerprint density at radius 3 is 2.77 bits per heavy atom. The van der Waals surface area contributed by atoms with Crippen LogP contribution in [0.5, 0.6) is 0 Å². The molecule has 0 unspecified atom stereocenters. The average Bonchev–Trinajstić information content (AvgIpc) is 2.93.